The lowest BCUT2D eigenvalue weighted by atomic mass is 9.94. The second-order valence-corrected chi connectivity index (χ2v) is 12.2. The van der Waals surface area contributed by atoms with Gasteiger partial charge in [0.15, 0.2) is 4.75 Å². The lowest BCUT2D eigenvalue weighted by Crippen LogP contribution is -2.46. The Bertz CT molecular complexity index is 1230. The number of hydrogen-bond acceptors (Lipinski definition) is 7. The van der Waals surface area contributed by atoms with Gasteiger partial charge in [-0.3, -0.25) is 4.79 Å². The van der Waals surface area contributed by atoms with E-state index in [0.717, 1.165) is 11.1 Å². The first-order chi connectivity index (χ1) is 17.9. The van der Waals surface area contributed by atoms with Crippen LogP contribution in [0.5, 0.6) is 11.5 Å². The molecular weight excluding hydrogens is 533 g/mol. The summed E-state index contributed by atoms with van der Waals surface area (Å²) in [5, 5.41) is 24.3. The predicted octanol–water partition coefficient (Wildman–Crippen LogP) is 4.89. The van der Waals surface area contributed by atoms with Gasteiger partial charge >= 0.3 is 5.97 Å². The predicted molar refractivity (Wildman–Crippen MR) is 146 cm³/mol. The van der Waals surface area contributed by atoms with Crippen molar-refractivity contribution in [1.82, 2.24) is 5.32 Å². The van der Waals surface area contributed by atoms with Crippen LogP contribution in [0.25, 0.3) is 0 Å². The largest absolute Gasteiger partial charge is 0.497 e. The summed E-state index contributed by atoms with van der Waals surface area (Å²) in [5.74, 6) is -0.412. The van der Waals surface area contributed by atoms with Crippen LogP contribution in [-0.2, 0) is 16.0 Å². The Morgan fingerprint density at radius 1 is 1.37 bits per heavy atom. The van der Waals surface area contributed by atoms with Gasteiger partial charge in [-0.25, -0.2) is 4.39 Å². The number of nitrogens with one attached hydrogen (secondary N) is 1. The van der Waals surface area contributed by atoms with E-state index in [1.165, 1.54) is 24.9 Å². The summed E-state index contributed by atoms with van der Waals surface area (Å²) in [6.45, 7) is 7.87. The number of aliphatic hydroxyl groups excluding tert-OH is 1. The first-order valence-electron chi connectivity index (χ1n) is 12.5. The summed E-state index contributed by atoms with van der Waals surface area (Å²) in [7, 11) is 1.49. The van der Waals surface area contributed by atoms with Crippen molar-refractivity contribution >= 4 is 29.3 Å². The summed E-state index contributed by atoms with van der Waals surface area (Å²) >= 11 is 7.93. The highest BCUT2D eigenvalue weighted by molar-refractivity contribution is 8.01. The Balaban J connectivity index is 1.39. The van der Waals surface area contributed by atoms with Gasteiger partial charge in [0.1, 0.15) is 23.4 Å². The number of β-amino-alcohol motifs (C(OH)–C–C–N with tert-alkyl or cyclic N) is 1. The Morgan fingerprint density at radius 3 is 2.68 bits per heavy atom. The third-order valence-corrected chi connectivity index (χ3v) is 9.10. The number of fused-ring (bicyclic) bond motifs is 3. The smallest absolute Gasteiger partial charge is 0.324 e. The van der Waals surface area contributed by atoms with Gasteiger partial charge in [-0.15, -0.1) is 11.8 Å². The van der Waals surface area contributed by atoms with Gasteiger partial charge in [0.2, 0.25) is 0 Å². The zero-order valence-electron chi connectivity index (χ0n) is 22.4. The number of carboxylic acids is 1. The summed E-state index contributed by atoms with van der Waals surface area (Å²) < 4.78 is 30.6. The minimum Gasteiger partial charge on any atom is -0.497 e. The average Bonchev–Trinajstić information content (AvgIpc) is 3.34. The molecule has 2 aromatic carbocycles. The van der Waals surface area contributed by atoms with E-state index in [1.807, 2.05) is 27.7 Å². The van der Waals surface area contributed by atoms with Crippen molar-refractivity contribution in [1.29, 1.82) is 0 Å². The van der Waals surface area contributed by atoms with Crippen LogP contribution in [0, 0.1) is 12.7 Å². The molecule has 38 heavy (non-hydrogen) atoms. The zero-order valence-corrected chi connectivity index (χ0v) is 24.0. The van der Waals surface area contributed by atoms with Crippen molar-refractivity contribution in [2.75, 3.05) is 26.5 Å². The van der Waals surface area contributed by atoms with Crippen LogP contribution in [0.3, 0.4) is 0 Å². The molecule has 10 heteroatoms. The van der Waals surface area contributed by atoms with E-state index >= 15 is 0 Å². The normalized spacial score (nSPS) is 23.3. The molecule has 0 bridgehead atoms. The number of halogens is 2. The van der Waals surface area contributed by atoms with Crippen LogP contribution in [0.4, 0.5) is 4.39 Å². The Labute approximate surface area is 232 Å². The standard InChI is InChI=1S/C28H35ClFNO6S/c1-14-9-19(29)21(22-23-25(37-24(14)22)28(23,38-6)26(33)34)15(2)36-13-17(32)12-31-27(3,4)11-16-7-8-18(35-5)10-20(16)30/h7-10,15,17,23,25,31-32H,11-13H2,1-6H3,(H,33,34). The van der Waals surface area contributed by atoms with Gasteiger partial charge in [-0.2, -0.15) is 0 Å². The molecule has 2 aromatic rings. The lowest BCUT2D eigenvalue weighted by molar-refractivity contribution is -0.137. The molecule has 1 fully saturated rings. The van der Waals surface area contributed by atoms with Crippen molar-refractivity contribution in [3.8, 4) is 11.5 Å². The molecule has 0 amide bonds. The fraction of sp³-hybridized carbons (Fsp3) is 0.536. The number of carboxylic acid groups (broad SMARTS) is 1. The monoisotopic (exact) mass is 567 g/mol. The quantitative estimate of drug-likeness (QED) is 0.334. The fourth-order valence-electron chi connectivity index (χ4n) is 5.37. The second kappa shape index (κ2) is 10.8. The Kier molecular flexibility index (Phi) is 8.27. The highest BCUT2D eigenvalue weighted by atomic mass is 35.5. The molecule has 3 N–H and O–H groups in total. The van der Waals surface area contributed by atoms with Crippen molar-refractivity contribution in [3.63, 3.8) is 0 Å². The third kappa shape index (κ3) is 5.23. The first-order valence-corrected chi connectivity index (χ1v) is 14.1. The molecule has 4 rings (SSSR count). The number of thioether (sulfide) groups is 1. The number of aryl methyl sites for hydroxylation is 1. The highest BCUT2D eigenvalue weighted by Gasteiger charge is 2.77. The molecule has 5 atom stereocenters. The minimum absolute atomic E-state index is 0.0294. The molecule has 1 aliphatic carbocycles. The molecule has 1 aliphatic heterocycles. The molecule has 208 valence electrons. The molecule has 0 aromatic heterocycles. The van der Waals surface area contributed by atoms with Crippen molar-refractivity contribution in [3.05, 3.63) is 57.4 Å². The van der Waals surface area contributed by atoms with E-state index in [9.17, 15) is 19.4 Å². The number of carbonyl (C=O) groups is 1. The maximum absolute atomic E-state index is 14.4. The SMILES string of the molecule is COc1ccc(CC(C)(C)NCC(O)COC(C)c2c(Cl)cc(C)c3c2C2C(O3)C2(SC)C(=O)O)c(F)c1. The van der Waals surface area contributed by atoms with E-state index in [4.69, 9.17) is 25.8 Å². The van der Waals surface area contributed by atoms with Crippen molar-refractivity contribution < 1.29 is 33.6 Å². The number of benzene rings is 2. The summed E-state index contributed by atoms with van der Waals surface area (Å²) in [6, 6.07) is 6.59. The van der Waals surface area contributed by atoms with Gasteiger partial charge in [0.25, 0.3) is 0 Å². The van der Waals surface area contributed by atoms with Gasteiger partial charge in [-0.05, 0) is 63.6 Å². The second-order valence-electron chi connectivity index (χ2n) is 10.7. The summed E-state index contributed by atoms with van der Waals surface area (Å²) in [4.78, 5) is 12.1. The maximum atomic E-state index is 14.4. The number of rotatable bonds is 12. The lowest BCUT2D eigenvalue weighted by Gasteiger charge is -2.29. The van der Waals surface area contributed by atoms with Crippen LogP contribution in [0.2, 0.25) is 5.02 Å². The van der Waals surface area contributed by atoms with Crippen LogP contribution in [0.15, 0.2) is 24.3 Å². The topological polar surface area (TPSA) is 97.3 Å². The number of aliphatic carboxylic acids is 1. The molecule has 5 unspecified atom stereocenters. The fourth-order valence-corrected chi connectivity index (χ4v) is 6.81. The molecule has 2 aliphatic rings. The molecule has 1 heterocycles. The van der Waals surface area contributed by atoms with Gasteiger partial charge in [0.05, 0.1) is 31.8 Å². The van der Waals surface area contributed by atoms with E-state index in [1.54, 1.807) is 24.5 Å². The summed E-state index contributed by atoms with van der Waals surface area (Å²) in [5.41, 5.74) is 2.41. The van der Waals surface area contributed by atoms with Gasteiger partial charge in [-0.1, -0.05) is 17.7 Å². The minimum atomic E-state index is -1.03. The Morgan fingerprint density at radius 2 is 2.08 bits per heavy atom. The highest BCUT2D eigenvalue weighted by Crippen LogP contribution is 2.69. The van der Waals surface area contributed by atoms with Gasteiger partial charge < -0.3 is 29.7 Å². The molecule has 0 spiro atoms. The first kappa shape index (κ1) is 29.0. The van der Waals surface area contributed by atoms with E-state index in [-0.39, 0.29) is 24.9 Å². The summed E-state index contributed by atoms with van der Waals surface area (Å²) in [6.07, 6.45) is 0.426. The average molecular weight is 568 g/mol. The zero-order chi connectivity index (χ0) is 28.0. The van der Waals surface area contributed by atoms with Crippen LogP contribution < -0.4 is 14.8 Å². The number of aliphatic hydroxyl groups is 1. The van der Waals surface area contributed by atoms with E-state index in [2.05, 4.69) is 5.32 Å². The molecule has 0 radical (unpaired) electrons. The molecular formula is C28H35ClFNO6S. The number of methoxy groups -OCH3 is 1. The van der Waals surface area contributed by atoms with Crippen LogP contribution >= 0.6 is 23.4 Å². The number of ether oxygens (including phenoxy) is 3. The van der Waals surface area contributed by atoms with Crippen LogP contribution in [-0.4, -0.2) is 65.2 Å². The van der Waals surface area contributed by atoms with Crippen LogP contribution in [0.1, 0.15) is 55.0 Å². The molecule has 7 nitrogen and oxygen atoms in total. The van der Waals surface area contributed by atoms with Crippen molar-refractivity contribution in [2.24, 2.45) is 0 Å². The maximum Gasteiger partial charge on any atom is 0.324 e. The number of hydrogen-bond donors (Lipinski definition) is 3. The third-order valence-electron chi connectivity index (χ3n) is 7.45. The van der Waals surface area contributed by atoms with E-state index in [0.29, 0.717) is 34.1 Å². The Hall–Kier alpha value is -2.04. The molecule has 1 saturated carbocycles. The van der Waals surface area contributed by atoms with Gasteiger partial charge in [0, 0.05) is 34.3 Å². The van der Waals surface area contributed by atoms with Crippen molar-refractivity contribution in [2.45, 2.75) is 68.6 Å². The molecule has 0 saturated heterocycles. The van der Waals surface area contributed by atoms with E-state index < -0.39 is 34.6 Å².